The van der Waals surface area contributed by atoms with Gasteiger partial charge in [0.05, 0.1) is 22.4 Å². The minimum absolute atomic E-state index is 0.0446. The van der Waals surface area contributed by atoms with E-state index >= 15 is 0 Å². The summed E-state index contributed by atoms with van der Waals surface area (Å²) >= 11 is 0. The highest BCUT2D eigenvalue weighted by Gasteiger charge is 2.24. The summed E-state index contributed by atoms with van der Waals surface area (Å²) in [5.41, 5.74) is 13.8. The van der Waals surface area contributed by atoms with Crippen LogP contribution >= 0.6 is 0 Å². The van der Waals surface area contributed by atoms with Crippen LogP contribution in [-0.2, 0) is 16.2 Å². The van der Waals surface area contributed by atoms with Crippen molar-refractivity contribution < 1.29 is 0 Å². The van der Waals surface area contributed by atoms with Gasteiger partial charge in [-0.25, -0.2) is 0 Å². The van der Waals surface area contributed by atoms with Gasteiger partial charge in [-0.2, -0.15) is 0 Å². The lowest BCUT2D eigenvalue weighted by Crippen LogP contribution is -2.11. The molecule has 0 unspecified atom stereocenters. The van der Waals surface area contributed by atoms with E-state index in [1.165, 1.54) is 87.6 Å². The standard InChI is InChI=1S/C58H54N2/c1-56(2,3)41-23-15-37(16-24-41)38-17-27-45(28-18-38)59(44-13-11-10-12-14-44)50-31-21-39-20-30-47-51(32-22-40-19-29-46(50)54(39)55(40)47)60-52-33-25-42(57(4,5)6)35-48(52)49-36-43(58(7,8)9)26-34-53(49)60/h10-36H,1-9H3. The maximum absolute atomic E-state index is 2.52. The molecule has 0 aliphatic rings. The second-order valence-corrected chi connectivity index (χ2v) is 19.9. The molecule has 0 fully saturated rings. The van der Waals surface area contributed by atoms with Gasteiger partial charge in [-0.3, -0.25) is 0 Å². The first kappa shape index (κ1) is 37.9. The Morgan fingerprint density at radius 3 is 1.37 bits per heavy atom. The Morgan fingerprint density at radius 2 is 0.817 bits per heavy atom. The van der Waals surface area contributed by atoms with Gasteiger partial charge in [-0.05, 0) is 126 Å². The molecule has 10 aromatic rings. The van der Waals surface area contributed by atoms with E-state index in [1.54, 1.807) is 0 Å². The summed E-state index contributed by atoms with van der Waals surface area (Å²) < 4.78 is 2.52. The Hall–Kier alpha value is -6.38. The lowest BCUT2D eigenvalue weighted by Gasteiger charge is -2.28. The lowest BCUT2D eigenvalue weighted by molar-refractivity contribution is 0.590. The molecule has 2 nitrogen and oxygen atoms in total. The third-order valence-corrected chi connectivity index (χ3v) is 12.8. The molecule has 1 aromatic heterocycles. The Kier molecular flexibility index (Phi) is 8.57. The molecular weight excluding hydrogens is 725 g/mol. The van der Waals surface area contributed by atoms with E-state index < -0.39 is 0 Å². The minimum atomic E-state index is 0.0446. The average molecular weight is 779 g/mol. The van der Waals surface area contributed by atoms with Crippen molar-refractivity contribution in [2.45, 2.75) is 78.6 Å². The Labute approximate surface area is 355 Å². The molecule has 2 heteroatoms. The SMILES string of the molecule is CC(C)(C)c1ccc(-c2ccc(N(c3ccccc3)c3ccc4ccc5c(-n6c7ccc(C(C)(C)C)cc7c7cc(C(C)(C)C)ccc76)ccc6ccc3c4c65)cc2)cc1. The van der Waals surface area contributed by atoms with Crippen LogP contribution in [0.3, 0.4) is 0 Å². The molecule has 60 heavy (non-hydrogen) atoms. The van der Waals surface area contributed by atoms with E-state index in [2.05, 4.69) is 236 Å². The van der Waals surface area contributed by atoms with Crippen LogP contribution in [0.1, 0.15) is 79.0 Å². The minimum Gasteiger partial charge on any atom is -0.310 e. The van der Waals surface area contributed by atoms with Gasteiger partial charge in [0.15, 0.2) is 0 Å². The molecule has 0 N–H and O–H groups in total. The van der Waals surface area contributed by atoms with Crippen LogP contribution in [0.4, 0.5) is 17.1 Å². The fourth-order valence-corrected chi connectivity index (χ4v) is 9.35. The van der Waals surface area contributed by atoms with Crippen LogP contribution < -0.4 is 4.90 Å². The molecule has 1 heterocycles. The number of para-hydroxylation sites is 1. The van der Waals surface area contributed by atoms with Crippen LogP contribution in [0.15, 0.2) is 164 Å². The van der Waals surface area contributed by atoms with Crippen molar-refractivity contribution >= 4 is 71.2 Å². The van der Waals surface area contributed by atoms with Crippen molar-refractivity contribution in [1.29, 1.82) is 0 Å². The topological polar surface area (TPSA) is 8.17 Å². The van der Waals surface area contributed by atoms with Crippen molar-refractivity contribution in [1.82, 2.24) is 4.57 Å². The zero-order chi connectivity index (χ0) is 41.7. The Morgan fingerprint density at radius 1 is 0.367 bits per heavy atom. The summed E-state index contributed by atoms with van der Waals surface area (Å²) in [4.78, 5) is 2.42. The molecule has 0 atom stereocenters. The molecule has 0 amide bonds. The molecule has 0 spiro atoms. The van der Waals surface area contributed by atoms with Crippen LogP contribution in [0, 0.1) is 0 Å². The Balaban J connectivity index is 1.17. The molecule has 0 aliphatic heterocycles. The highest BCUT2D eigenvalue weighted by Crippen LogP contribution is 2.46. The lowest BCUT2D eigenvalue weighted by atomic mass is 9.85. The van der Waals surface area contributed by atoms with E-state index in [0.717, 1.165) is 17.1 Å². The summed E-state index contributed by atoms with van der Waals surface area (Å²) in [7, 11) is 0. The largest absolute Gasteiger partial charge is 0.310 e. The van der Waals surface area contributed by atoms with Crippen molar-refractivity contribution in [2.24, 2.45) is 0 Å². The van der Waals surface area contributed by atoms with E-state index in [0.29, 0.717) is 0 Å². The van der Waals surface area contributed by atoms with Gasteiger partial charge in [0.1, 0.15) is 0 Å². The van der Waals surface area contributed by atoms with E-state index in [1.807, 2.05) is 0 Å². The molecule has 296 valence electrons. The van der Waals surface area contributed by atoms with E-state index in [-0.39, 0.29) is 16.2 Å². The molecule has 0 aliphatic carbocycles. The smallest absolute Gasteiger partial charge is 0.0541 e. The van der Waals surface area contributed by atoms with Crippen LogP contribution in [0.25, 0.3) is 70.9 Å². The molecule has 10 rings (SSSR count). The zero-order valence-corrected chi connectivity index (χ0v) is 36.5. The van der Waals surface area contributed by atoms with Crippen molar-refractivity contribution in [3.8, 4) is 16.8 Å². The molecular formula is C58H54N2. The van der Waals surface area contributed by atoms with Gasteiger partial charge < -0.3 is 9.47 Å². The maximum Gasteiger partial charge on any atom is 0.0541 e. The quantitative estimate of drug-likeness (QED) is 0.158. The van der Waals surface area contributed by atoms with Gasteiger partial charge in [0, 0.05) is 32.9 Å². The number of hydrogen-bond acceptors (Lipinski definition) is 1. The fourth-order valence-electron chi connectivity index (χ4n) is 9.35. The Bertz CT molecular complexity index is 3140. The number of nitrogens with zero attached hydrogens (tertiary/aromatic N) is 2. The summed E-state index contributed by atoms with van der Waals surface area (Å²) in [6, 6.07) is 61.8. The van der Waals surface area contributed by atoms with Gasteiger partial charge >= 0.3 is 0 Å². The monoisotopic (exact) mass is 778 g/mol. The highest BCUT2D eigenvalue weighted by molar-refractivity contribution is 6.27. The van der Waals surface area contributed by atoms with E-state index in [9.17, 15) is 0 Å². The summed E-state index contributed by atoms with van der Waals surface area (Å²) in [5, 5.41) is 10.2. The third-order valence-electron chi connectivity index (χ3n) is 12.8. The van der Waals surface area contributed by atoms with Crippen LogP contribution in [-0.4, -0.2) is 4.57 Å². The number of benzene rings is 9. The molecule has 0 saturated heterocycles. The average Bonchev–Trinajstić information content (AvgIpc) is 3.56. The first-order chi connectivity index (χ1) is 28.6. The molecule has 0 radical (unpaired) electrons. The van der Waals surface area contributed by atoms with Crippen molar-refractivity contribution in [3.05, 3.63) is 180 Å². The number of hydrogen-bond donors (Lipinski definition) is 0. The van der Waals surface area contributed by atoms with Crippen molar-refractivity contribution in [3.63, 3.8) is 0 Å². The van der Waals surface area contributed by atoms with Gasteiger partial charge in [-0.15, -0.1) is 0 Å². The van der Waals surface area contributed by atoms with Crippen molar-refractivity contribution in [2.75, 3.05) is 4.90 Å². The summed E-state index contributed by atoms with van der Waals surface area (Å²) in [5.74, 6) is 0. The molecule has 0 bridgehead atoms. The first-order valence-corrected chi connectivity index (χ1v) is 21.5. The van der Waals surface area contributed by atoms with Crippen LogP contribution in [0.2, 0.25) is 0 Å². The summed E-state index contributed by atoms with van der Waals surface area (Å²) in [6.07, 6.45) is 0. The number of anilines is 3. The number of fused-ring (bicyclic) bond motifs is 3. The first-order valence-electron chi connectivity index (χ1n) is 21.5. The molecule has 9 aromatic carbocycles. The summed E-state index contributed by atoms with van der Waals surface area (Å²) in [6.45, 7) is 20.7. The normalized spacial score (nSPS) is 12.8. The predicted octanol–water partition coefficient (Wildman–Crippen LogP) is 16.7. The highest BCUT2D eigenvalue weighted by atomic mass is 15.1. The van der Waals surface area contributed by atoms with E-state index in [4.69, 9.17) is 0 Å². The van der Waals surface area contributed by atoms with Gasteiger partial charge in [-0.1, -0.05) is 165 Å². The van der Waals surface area contributed by atoms with Gasteiger partial charge in [0.2, 0.25) is 0 Å². The van der Waals surface area contributed by atoms with Gasteiger partial charge in [0.25, 0.3) is 0 Å². The second-order valence-electron chi connectivity index (χ2n) is 19.9. The molecule has 0 saturated carbocycles. The van der Waals surface area contributed by atoms with Crippen LogP contribution in [0.5, 0.6) is 0 Å². The third kappa shape index (κ3) is 6.24. The fraction of sp³-hybridized carbons (Fsp3) is 0.207. The maximum atomic E-state index is 2.52. The number of rotatable bonds is 5. The number of aromatic nitrogens is 1. The predicted molar refractivity (Wildman–Crippen MR) is 261 cm³/mol. The zero-order valence-electron chi connectivity index (χ0n) is 36.5. The second kappa shape index (κ2) is 13.6.